The van der Waals surface area contributed by atoms with E-state index < -0.39 is 0 Å². The summed E-state index contributed by atoms with van der Waals surface area (Å²) in [6.07, 6.45) is 3.40. The number of amides is 1. The van der Waals surface area contributed by atoms with Crippen LogP contribution in [0.15, 0.2) is 96.1 Å². The molecule has 0 aliphatic carbocycles. The molecule has 1 N–H and O–H groups in total. The highest BCUT2D eigenvalue weighted by Gasteiger charge is 2.13. The number of nitrogens with zero attached hydrogens (tertiary/aromatic N) is 3. The fourth-order valence-corrected chi connectivity index (χ4v) is 3.80. The zero-order chi connectivity index (χ0) is 21.9. The third kappa shape index (κ3) is 3.86. The maximum atomic E-state index is 13.0. The molecule has 5 aromatic rings. The van der Waals surface area contributed by atoms with E-state index in [1.807, 2.05) is 72.8 Å². The van der Waals surface area contributed by atoms with Crippen molar-refractivity contribution < 1.29 is 4.79 Å². The van der Waals surface area contributed by atoms with Gasteiger partial charge in [-0.1, -0.05) is 54.6 Å². The summed E-state index contributed by atoms with van der Waals surface area (Å²) in [4.78, 5) is 29.9. The second kappa shape index (κ2) is 8.43. The zero-order valence-corrected chi connectivity index (χ0v) is 17.2. The van der Waals surface area contributed by atoms with Crippen LogP contribution < -0.4 is 10.9 Å². The van der Waals surface area contributed by atoms with Crippen molar-refractivity contribution in [3.63, 3.8) is 0 Å². The van der Waals surface area contributed by atoms with Gasteiger partial charge in [-0.25, -0.2) is 4.68 Å². The number of fused-ring (bicyclic) bond motifs is 2. The average Bonchev–Trinajstić information content (AvgIpc) is 2.85. The van der Waals surface area contributed by atoms with Crippen LogP contribution in [0.1, 0.15) is 21.6 Å². The largest absolute Gasteiger partial charge is 0.346 e. The lowest BCUT2D eigenvalue weighted by Gasteiger charge is -2.12. The van der Waals surface area contributed by atoms with E-state index in [4.69, 9.17) is 0 Å². The van der Waals surface area contributed by atoms with E-state index in [0.717, 1.165) is 21.7 Å². The lowest BCUT2D eigenvalue weighted by Crippen LogP contribution is -2.29. The van der Waals surface area contributed by atoms with E-state index in [9.17, 15) is 9.59 Å². The van der Waals surface area contributed by atoms with Crippen molar-refractivity contribution in [2.45, 2.75) is 13.1 Å². The first kappa shape index (κ1) is 19.6. The van der Waals surface area contributed by atoms with Crippen molar-refractivity contribution in [1.29, 1.82) is 0 Å². The number of aromatic nitrogens is 3. The molecule has 0 aliphatic rings. The van der Waals surface area contributed by atoms with Crippen LogP contribution in [0.3, 0.4) is 0 Å². The molecule has 0 saturated heterocycles. The molecule has 0 aliphatic heterocycles. The molecular formula is C26H20N4O2. The molecule has 0 fully saturated rings. The fraction of sp³-hybridized carbons (Fsp3) is 0.0769. The number of carbonyl (C=O) groups excluding carboxylic acids is 1. The Morgan fingerprint density at radius 1 is 0.875 bits per heavy atom. The second-order valence-corrected chi connectivity index (χ2v) is 7.56. The molecule has 3 aromatic carbocycles. The van der Waals surface area contributed by atoms with E-state index in [2.05, 4.69) is 15.4 Å². The van der Waals surface area contributed by atoms with E-state index >= 15 is 0 Å². The maximum absolute atomic E-state index is 13.0. The van der Waals surface area contributed by atoms with Gasteiger partial charge in [-0.15, -0.1) is 0 Å². The first-order valence-corrected chi connectivity index (χ1v) is 10.3. The number of benzene rings is 3. The van der Waals surface area contributed by atoms with Crippen molar-refractivity contribution in [2.75, 3.05) is 0 Å². The number of rotatable bonds is 5. The summed E-state index contributed by atoms with van der Waals surface area (Å²) in [6, 6.07) is 24.6. The standard InChI is InChI=1S/C26H20N4O2/c31-25(21-12-11-19-7-1-2-8-20(19)14-21)28-16-24-22-9-3-4-10-23(22)26(32)30(29-24)17-18-6-5-13-27-15-18/h1-15H,16-17H2,(H,28,31). The molecule has 0 bridgehead atoms. The molecule has 156 valence electrons. The minimum absolute atomic E-state index is 0.172. The normalized spacial score (nSPS) is 11.0. The van der Waals surface area contributed by atoms with Crippen LogP contribution in [0.5, 0.6) is 0 Å². The van der Waals surface area contributed by atoms with Gasteiger partial charge in [0.05, 0.1) is 24.2 Å². The van der Waals surface area contributed by atoms with Gasteiger partial charge in [-0.2, -0.15) is 5.10 Å². The van der Waals surface area contributed by atoms with Gasteiger partial charge in [0, 0.05) is 23.3 Å². The van der Waals surface area contributed by atoms with Gasteiger partial charge in [-0.05, 0) is 40.6 Å². The third-order valence-electron chi connectivity index (χ3n) is 5.43. The van der Waals surface area contributed by atoms with Crippen LogP contribution in [0, 0.1) is 0 Å². The summed E-state index contributed by atoms with van der Waals surface area (Å²) < 4.78 is 1.43. The van der Waals surface area contributed by atoms with E-state index in [1.54, 1.807) is 18.5 Å². The molecule has 5 rings (SSSR count). The number of carbonyl (C=O) groups is 1. The highest BCUT2D eigenvalue weighted by atomic mass is 16.1. The molecule has 0 saturated carbocycles. The lowest BCUT2D eigenvalue weighted by molar-refractivity contribution is 0.0950. The van der Waals surface area contributed by atoms with Crippen LogP contribution in [-0.4, -0.2) is 20.7 Å². The molecule has 0 spiro atoms. The average molecular weight is 420 g/mol. The fourth-order valence-electron chi connectivity index (χ4n) is 3.80. The number of pyridine rings is 1. The number of hydrogen-bond donors (Lipinski definition) is 1. The predicted octanol–water partition coefficient (Wildman–Crippen LogP) is 3.92. The molecule has 2 aromatic heterocycles. The number of nitrogens with one attached hydrogen (secondary N) is 1. The Balaban J connectivity index is 1.45. The summed E-state index contributed by atoms with van der Waals surface area (Å²) in [5.41, 5.74) is 1.92. The minimum atomic E-state index is -0.188. The summed E-state index contributed by atoms with van der Waals surface area (Å²) >= 11 is 0. The van der Waals surface area contributed by atoms with Gasteiger partial charge in [-0.3, -0.25) is 14.6 Å². The van der Waals surface area contributed by atoms with Gasteiger partial charge in [0.25, 0.3) is 11.5 Å². The molecular weight excluding hydrogens is 400 g/mol. The van der Waals surface area contributed by atoms with Crippen molar-refractivity contribution in [3.05, 3.63) is 118 Å². The molecule has 1 amide bonds. The topological polar surface area (TPSA) is 76.9 Å². The maximum Gasteiger partial charge on any atom is 0.274 e. The predicted molar refractivity (Wildman–Crippen MR) is 124 cm³/mol. The first-order chi connectivity index (χ1) is 15.7. The van der Waals surface area contributed by atoms with E-state index in [0.29, 0.717) is 23.2 Å². The molecule has 2 heterocycles. The van der Waals surface area contributed by atoms with Gasteiger partial charge < -0.3 is 5.32 Å². The molecule has 0 radical (unpaired) electrons. The molecule has 0 atom stereocenters. The number of hydrogen-bond acceptors (Lipinski definition) is 4. The molecule has 6 heteroatoms. The van der Waals surface area contributed by atoms with Crippen LogP contribution >= 0.6 is 0 Å². The van der Waals surface area contributed by atoms with Gasteiger partial charge >= 0.3 is 0 Å². The summed E-state index contributed by atoms with van der Waals surface area (Å²) in [7, 11) is 0. The van der Waals surface area contributed by atoms with Crippen LogP contribution in [0.25, 0.3) is 21.5 Å². The molecule has 6 nitrogen and oxygen atoms in total. The van der Waals surface area contributed by atoms with Crippen LogP contribution in [0.4, 0.5) is 0 Å². The lowest BCUT2D eigenvalue weighted by atomic mass is 10.1. The first-order valence-electron chi connectivity index (χ1n) is 10.3. The van der Waals surface area contributed by atoms with Gasteiger partial charge in [0.1, 0.15) is 0 Å². The molecule has 32 heavy (non-hydrogen) atoms. The van der Waals surface area contributed by atoms with Crippen molar-refractivity contribution in [1.82, 2.24) is 20.1 Å². The Bertz CT molecular complexity index is 1490. The Morgan fingerprint density at radius 3 is 2.47 bits per heavy atom. The van der Waals surface area contributed by atoms with E-state index in [1.165, 1.54) is 4.68 Å². The minimum Gasteiger partial charge on any atom is -0.346 e. The Morgan fingerprint density at radius 2 is 1.66 bits per heavy atom. The quantitative estimate of drug-likeness (QED) is 0.468. The Kier molecular flexibility index (Phi) is 5.17. The Labute approximate surface area is 184 Å². The van der Waals surface area contributed by atoms with E-state index in [-0.39, 0.29) is 18.0 Å². The highest BCUT2D eigenvalue weighted by Crippen LogP contribution is 2.17. The summed E-state index contributed by atoms with van der Waals surface area (Å²) in [5, 5.41) is 10.9. The summed E-state index contributed by atoms with van der Waals surface area (Å²) in [5.74, 6) is -0.188. The summed E-state index contributed by atoms with van der Waals surface area (Å²) in [6.45, 7) is 0.516. The third-order valence-corrected chi connectivity index (χ3v) is 5.43. The smallest absolute Gasteiger partial charge is 0.274 e. The zero-order valence-electron chi connectivity index (χ0n) is 17.2. The second-order valence-electron chi connectivity index (χ2n) is 7.56. The SMILES string of the molecule is O=C(NCc1nn(Cc2cccnc2)c(=O)c2ccccc12)c1ccc2ccccc2c1. The monoisotopic (exact) mass is 420 g/mol. The van der Waals surface area contributed by atoms with Crippen molar-refractivity contribution >= 4 is 27.5 Å². The Hall–Kier alpha value is -4.32. The van der Waals surface area contributed by atoms with Gasteiger partial charge in [0.15, 0.2) is 0 Å². The van der Waals surface area contributed by atoms with Crippen LogP contribution in [-0.2, 0) is 13.1 Å². The molecule has 0 unspecified atom stereocenters. The van der Waals surface area contributed by atoms with Crippen molar-refractivity contribution in [3.8, 4) is 0 Å². The van der Waals surface area contributed by atoms with Gasteiger partial charge in [0.2, 0.25) is 0 Å². The van der Waals surface area contributed by atoms with Crippen molar-refractivity contribution in [2.24, 2.45) is 0 Å². The van der Waals surface area contributed by atoms with Crippen LogP contribution in [0.2, 0.25) is 0 Å². The highest BCUT2D eigenvalue weighted by molar-refractivity contribution is 5.98.